The topological polar surface area (TPSA) is 64.0 Å². The average molecular weight is 304 g/mol. The van der Waals surface area contributed by atoms with Crippen LogP contribution < -0.4 is 15.5 Å². The maximum Gasteiger partial charge on any atom is 0.196 e. The monoisotopic (exact) mass is 304 g/mol. The van der Waals surface area contributed by atoms with Gasteiger partial charge >= 0.3 is 0 Å². The van der Waals surface area contributed by atoms with Crippen molar-refractivity contribution in [1.29, 1.82) is 0 Å². The minimum atomic E-state index is 0.169. The number of nitrogens with zero attached hydrogens (tertiary/aromatic N) is 3. The number of hydrogen-bond acceptors (Lipinski definition) is 4. The molecule has 0 aliphatic carbocycles. The van der Waals surface area contributed by atoms with Gasteiger partial charge in [-0.05, 0) is 35.6 Å². The second-order valence-corrected chi connectivity index (χ2v) is 5.75. The van der Waals surface area contributed by atoms with E-state index < -0.39 is 0 Å². The number of aromatic hydroxyl groups is 1. The molecule has 0 bridgehead atoms. The third kappa shape index (κ3) is 2.17. The Bertz CT molecular complexity index is 1060. The zero-order valence-electron chi connectivity index (χ0n) is 12.9. The summed E-state index contributed by atoms with van der Waals surface area (Å²) in [5, 5.41) is 13.2. The number of fused-ring (bicyclic) bond motifs is 2. The van der Waals surface area contributed by atoms with Crippen molar-refractivity contribution < 1.29 is 5.11 Å². The molecule has 0 fully saturated rings. The van der Waals surface area contributed by atoms with Crippen LogP contribution in [0, 0.1) is 0 Å². The van der Waals surface area contributed by atoms with Crippen LogP contribution in [0.15, 0.2) is 46.4 Å². The predicted molar refractivity (Wildman–Crippen MR) is 93.2 cm³/mol. The maximum atomic E-state index is 10.3. The summed E-state index contributed by atoms with van der Waals surface area (Å²) in [6, 6.07) is 11.9. The molecule has 3 aromatic rings. The molecule has 0 unspecified atom stereocenters. The first-order chi connectivity index (χ1) is 11.1. The van der Waals surface area contributed by atoms with E-state index in [1.807, 2.05) is 61.5 Å². The summed E-state index contributed by atoms with van der Waals surface area (Å²) in [6.45, 7) is 0. The van der Waals surface area contributed by atoms with Crippen LogP contribution in [-0.2, 0) is 0 Å². The van der Waals surface area contributed by atoms with E-state index in [-0.39, 0.29) is 5.88 Å². The van der Waals surface area contributed by atoms with Crippen LogP contribution in [0.5, 0.6) is 5.88 Å². The summed E-state index contributed by atoms with van der Waals surface area (Å²) in [6.07, 6.45) is 3.52. The third-order valence-electron chi connectivity index (χ3n) is 4.01. The van der Waals surface area contributed by atoms with Gasteiger partial charge in [-0.3, -0.25) is 0 Å². The van der Waals surface area contributed by atoms with E-state index in [1.165, 1.54) is 0 Å². The lowest BCUT2D eigenvalue weighted by molar-refractivity contribution is 0.457. The molecule has 0 spiro atoms. The van der Waals surface area contributed by atoms with Gasteiger partial charge in [0.2, 0.25) is 0 Å². The standard InChI is InChI=1S/C18H16N4O/c1-22(2)16-5-3-4-14-17(16)12(18(23)21-14)8-11-6-7-13-15(9-11)20-10-19-13/h3-10,21,23H,1-2H3/b11-8+. The lowest BCUT2D eigenvalue weighted by atomic mass is 10.1. The minimum Gasteiger partial charge on any atom is -0.494 e. The summed E-state index contributed by atoms with van der Waals surface area (Å²) in [4.78, 5) is 13.5. The Kier molecular flexibility index (Phi) is 2.94. The van der Waals surface area contributed by atoms with E-state index in [0.717, 1.165) is 38.4 Å². The highest BCUT2D eigenvalue weighted by Gasteiger charge is 2.13. The number of H-pyrrole nitrogens is 1. The van der Waals surface area contributed by atoms with Crippen LogP contribution in [-0.4, -0.2) is 30.5 Å². The number of nitrogens with one attached hydrogen (secondary N) is 1. The summed E-state index contributed by atoms with van der Waals surface area (Å²) in [5.74, 6) is 0.169. The molecule has 0 saturated carbocycles. The highest BCUT2D eigenvalue weighted by atomic mass is 16.3. The summed E-state index contributed by atoms with van der Waals surface area (Å²) >= 11 is 0. The average Bonchev–Trinajstić information content (AvgIpc) is 3.11. The van der Waals surface area contributed by atoms with Crippen molar-refractivity contribution in [2.45, 2.75) is 0 Å². The molecule has 0 amide bonds. The molecule has 2 heterocycles. The number of rotatable bonds is 2. The first-order valence-corrected chi connectivity index (χ1v) is 7.36. The molecule has 2 aromatic carbocycles. The quantitative estimate of drug-likeness (QED) is 0.761. The fraction of sp³-hybridized carbons (Fsp3) is 0.111. The van der Waals surface area contributed by atoms with Crippen molar-refractivity contribution in [2.24, 2.45) is 9.98 Å². The van der Waals surface area contributed by atoms with Crippen LogP contribution >= 0.6 is 0 Å². The molecular weight excluding hydrogens is 288 g/mol. The Labute approximate surface area is 132 Å². The molecule has 23 heavy (non-hydrogen) atoms. The van der Waals surface area contributed by atoms with E-state index in [0.29, 0.717) is 0 Å². The van der Waals surface area contributed by atoms with Gasteiger partial charge in [0.05, 0.1) is 16.6 Å². The zero-order valence-corrected chi connectivity index (χ0v) is 12.9. The Morgan fingerprint density at radius 2 is 2.04 bits per heavy atom. The molecular formula is C18H16N4O. The summed E-state index contributed by atoms with van der Waals surface area (Å²) in [5.41, 5.74) is 3.60. The summed E-state index contributed by atoms with van der Waals surface area (Å²) < 4.78 is 0. The number of aromatic nitrogens is 1. The van der Waals surface area contributed by atoms with Crippen LogP contribution in [0.1, 0.15) is 5.56 Å². The van der Waals surface area contributed by atoms with Gasteiger partial charge in [0.15, 0.2) is 5.88 Å². The lowest BCUT2D eigenvalue weighted by Gasteiger charge is -2.14. The molecule has 1 aliphatic heterocycles. The largest absolute Gasteiger partial charge is 0.494 e. The SMILES string of the molecule is CN(C)c1cccc2[nH]c(O)c(/C=c3\ccc4c(c3)N=CN=4)c12. The highest BCUT2D eigenvalue weighted by molar-refractivity contribution is 6.01. The highest BCUT2D eigenvalue weighted by Crippen LogP contribution is 2.34. The summed E-state index contributed by atoms with van der Waals surface area (Å²) in [7, 11) is 3.99. The van der Waals surface area contributed by atoms with Crippen molar-refractivity contribution in [2.75, 3.05) is 19.0 Å². The minimum absolute atomic E-state index is 0.169. The maximum absolute atomic E-state index is 10.3. The molecule has 114 valence electrons. The number of benzene rings is 2. The van der Waals surface area contributed by atoms with Gasteiger partial charge < -0.3 is 15.0 Å². The van der Waals surface area contributed by atoms with Gasteiger partial charge in [0.1, 0.15) is 6.34 Å². The second kappa shape index (κ2) is 4.98. The van der Waals surface area contributed by atoms with Gasteiger partial charge in [0, 0.05) is 30.7 Å². The van der Waals surface area contributed by atoms with E-state index >= 15 is 0 Å². The smallest absolute Gasteiger partial charge is 0.196 e. The first kappa shape index (κ1) is 13.6. The zero-order chi connectivity index (χ0) is 16.0. The van der Waals surface area contributed by atoms with E-state index in [2.05, 4.69) is 15.0 Å². The van der Waals surface area contributed by atoms with E-state index in [9.17, 15) is 5.11 Å². The van der Waals surface area contributed by atoms with Crippen LogP contribution in [0.2, 0.25) is 0 Å². The van der Waals surface area contributed by atoms with Gasteiger partial charge in [-0.1, -0.05) is 12.1 Å². The van der Waals surface area contributed by atoms with Gasteiger partial charge in [-0.25, -0.2) is 9.98 Å². The first-order valence-electron chi connectivity index (χ1n) is 7.36. The Morgan fingerprint density at radius 1 is 1.17 bits per heavy atom. The number of aromatic amines is 1. The van der Waals surface area contributed by atoms with E-state index in [1.54, 1.807) is 6.34 Å². The number of aliphatic imine (C=N–C) groups is 1. The number of anilines is 1. The Balaban J connectivity index is 1.99. The normalized spacial score (nSPS) is 13.4. The molecule has 5 heteroatoms. The van der Waals surface area contributed by atoms with Crippen LogP contribution in [0.25, 0.3) is 17.0 Å². The van der Waals surface area contributed by atoms with Gasteiger partial charge in [-0.2, -0.15) is 0 Å². The van der Waals surface area contributed by atoms with Crippen molar-refractivity contribution in [1.82, 2.24) is 4.98 Å². The molecule has 1 aromatic heterocycles. The molecule has 0 atom stereocenters. The molecule has 0 saturated heterocycles. The van der Waals surface area contributed by atoms with Crippen LogP contribution in [0.3, 0.4) is 0 Å². The molecule has 5 nitrogen and oxygen atoms in total. The molecule has 0 radical (unpaired) electrons. The van der Waals surface area contributed by atoms with Crippen molar-refractivity contribution >= 4 is 34.7 Å². The number of hydrogen-bond donors (Lipinski definition) is 2. The van der Waals surface area contributed by atoms with E-state index in [4.69, 9.17) is 0 Å². The van der Waals surface area contributed by atoms with Crippen molar-refractivity contribution in [3.8, 4) is 5.88 Å². The van der Waals surface area contributed by atoms with Crippen LogP contribution in [0.4, 0.5) is 11.4 Å². The molecule has 1 aliphatic rings. The molecule has 4 rings (SSSR count). The van der Waals surface area contributed by atoms with Gasteiger partial charge in [0.25, 0.3) is 0 Å². The second-order valence-electron chi connectivity index (χ2n) is 5.75. The Morgan fingerprint density at radius 3 is 2.87 bits per heavy atom. The van der Waals surface area contributed by atoms with Gasteiger partial charge in [-0.15, -0.1) is 0 Å². The molecule has 2 N–H and O–H groups in total. The van der Waals surface area contributed by atoms with Crippen molar-refractivity contribution in [3.05, 3.63) is 52.5 Å². The van der Waals surface area contributed by atoms with Crippen molar-refractivity contribution in [3.63, 3.8) is 0 Å². The Hall–Kier alpha value is -3.08. The fourth-order valence-corrected chi connectivity index (χ4v) is 2.92. The third-order valence-corrected chi connectivity index (χ3v) is 4.01. The fourth-order valence-electron chi connectivity index (χ4n) is 2.92. The lowest BCUT2D eigenvalue weighted by Crippen LogP contribution is -2.09. The predicted octanol–water partition coefficient (Wildman–Crippen LogP) is 2.06.